The van der Waals surface area contributed by atoms with E-state index in [1.54, 1.807) is 0 Å². The molecule has 0 radical (unpaired) electrons. The van der Waals surface area contributed by atoms with Gasteiger partial charge in [-0.05, 0) is 0 Å². The Morgan fingerprint density at radius 1 is 1.73 bits per heavy atom. The van der Waals surface area contributed by atoms with E-state index in [9.17, 15) is 0 Å². The van der Waals surface area contributed by atoms with Gasteiger partial charge in [-0.2, -0.15) is 0 Å². The number of nitrogens with one attached hydrogen (secondary N) is 2. The smallest absolute Gasteiger partial charge is 0.191 e. The zero-order valence-electron chi connectivity index (χ0n) is 6.25. The van der Waals surface area contributed by atoms with E-state index < -0.39 is 6.10 Å². The third-order valence-electron chi connectivity index (χ3n) is 1.39. The molecule has 64 valence electrons. The van der Waals surface area contributed by atoms with Gasteiger partial charge in [0.2, 0.25) is 0 Å². The first-order valence-electron chi connectivity index (χ1n) is 3.64. The molecule has 0 amide bonds. The molecule has 0 saturated heterocycles. The van der Waals surface area contributed by atoms with Crippen molar-refractivity contribution in [2.24, 2.45) is 4.99 Å². The molecule has 1 rings (SSSR count). The second-order valence-electron chi connectivity index (χ2n) is 2.37. The third-order valence-corrected chi connectivity index (χ3v) is 1.39. The Kier molecular flexibility index (Phi) is 3.13. The number of aliphatic hydroxyl groups is 2. The van der Waals surface area contributed by atoms with Gasteiger partial charge >= 0.3 is 0 Å². The van der Waals surface area contributed by atoms with Crippen LogP contribution in [-0.4, -0.2) is 48.5 Å². The molecule has 0 spiro atoms. The molecular weight excluding hydrogens is 146 g/mol. The van der Waals surface area contributed by atoms with Crippen LogP contribution in [0.2, 0.25) is 0 Å². The number of guanidine groups is 1. The lowest BCUT2D eigenvalue weighted by molar-refractivity contribution is 0.0981. The molecule has 0 bridgehead atoms. The molecule has 1 atom stereocenters. The largest absolute Gasteiger partial charge is 0.394 e. The summed E-state index contributed by atoms with van der Waals surface area (Å²) in [7, 11) is 0. The maximum Gasteiger partial charge on any atom is 0.191 e. The quantitative estimate of drug-likeness (QED) is 0.380. The van der Waals surface area contributed by atoms with Gasteiger partial charge in [0.1, 0.15) is 0 Å². The van der Waals surface area contributed by atoms with Gasteiger partial charge in [-0.1, -0.05) is 0 Å². The van der Waals surface area contributed by atoms with Crippen molar-refractivity contribution < 1.29 is 10.2 Å². The number of nitrogens with zero attached hydrogens (tertiary/aromatic N) is 1. The average molecular weight is 159 g/mol. The van der Waals surface area contributed by atoms with Crippen LogP contribution in [0.25, 0.3) is 0 Å². The summed E-state index contributed by atoms with van der Waals surface area (Å²) in [4.78, 5) is 4.04. The summed E-state index contributed by atoms with van der Waals surface area (Å²) in [6.07, 6.45) is -0.708. The number of rotatable bonds is 3. The summed E-state index contributed by atoms with van der Waals surface area (Å²) in [5, 5.41) is 23.2. The minimum Gasteiger partial charge on any atom is -0.394 e. The molecule has 0 aliphatic carbocycles. The van der Waals surface area contributed by atoms with E-state index in [1.807, 2.05) is 0 Å². The zero-order chi connectivity index (χ0) is 8.10. The molecule has 0 saturated carbocycles. The third kappa shape index (κ3) is 2.73. The lowest BCUT2D eigenvalue weighted by Crippen LogP contribution is -2.39. The van der Waals surface area contributed by atoms with Gasteiger partial charge in [-0.25, -0.2) is 0 Å². The van der Waals surface area contributed by atoms with E-state index in [1.165, 1.54) is 0 Å². The minimum absolute atomic E-state index is 0.222. The van der Waals surface area contributed by atoms with Crippen LogP contribution in [0, 0.1) is 0 Å². The second-order valence-corrected chi connectivity index (χ2v) is 2.37. The Balaban J connectivity index is 2.11. The Labute approximate surface area is 65.1 Å². The Morgan fingerprint density at radius 3 is 3.09 bits per heavy atom. The normalized spacial score (nSPS) is 18.9. The highest BCUT2D eigenvalue weighted by Crippen LogP contribution is 1.82. The van der Waals surface area contributed by atoms with Crippen LogP contribution in [-0.2, 0) is 0 Å². The highest BCUT2D eigenvalue weighted by Gasteiger charge is 2.06. The van der Waals surface area contributed by atoms with Crippen molar-refractivity contribution in [1.29, 1.82) is 0 Å². The van der Waals surface area contributed by atoms with E-state index in [0.29, 0.717) is 12.5 Å². The van der Waals surface area contributed by atoms with E-state index in [2.05, 4.69) is 15.6 Å². The predicted octanol–water partition coefficient (Wildman–Crippen LogP) is -2.11. The summed E-state index contributed by atoms with van der Waals surface area (Å²) in [5.41, 5.74) is 0. The SMILES string of the molecule is OCC(O)CNC1=NCCN1. The molecule has 1 unspecified atom stereocenters. The monoisotopic (exact) mass is 159 g/mol. The van der Waals surface area contributed by atoms with Crippen LogP contribution in [0.15, 0.2) is 4.99 Å². The fourth-order valence-electron chi connectivity index (χ4n) is 0.795. The molecule has 1 aliphatic heterocycles. The molecule has 0 aromatic carbocycles. The maximum absolute atomic E-state index is 8.92. The number of aliphatic hydroxyl groups excluding tert-OH is 2. The first-order valence-corrected chi connectivity index (χ1v) is 3.64. The molecule has 5 nitrogen and oxygen atoms in total. The number of hydrogen-bond acceptors (Lipinski definition) is 5. The summed E-state index contributed by atoms with van der Waals surface area (Å²) in [6, 6.07) is 0. The van der Waals surface area contributed by atoms with Gasteiger partial charge in [0.25, 0.3) is 0 Å². The summed E-state index contributed by atoms with van der Waals surface area (Å²) in [5.74, 6) is 0.706. The van der Waals surface area contributed by atoms with Crippen molar-refractivity contribution in [2.75, 3.05) is 26.2 Å². The van der Waals surface area contributed by atoms with E-state index >= 15 is 0 Å². The zero-order valence-corrected chi connectivity index (χ0v) is 6.25. The Morgan fingerprint density at radius 2 is 2.55 bits per heavy atom. The predicted molar refractivity (Wildman–Crippen MR) is 41.4 cm³/mol. The number of aliphatic imine (C=N–C) groups is 1. The van der Waals surface area contributed by atoms with Crippen molar-refractivity contribution in [3.63, 3.8) is 0 Å². The van der Waals surface area contributed by atoms with Gasteiger partial charge in [-0.15, -0.1) is 0 Å². The standard InChI is InChI=1S/C6H13N3O2/c10-4-5(11)3-9-6-7-1-2-8-6/h5,10-11H,1-4H2,(H2,7,8,9). The van der Waals surface area contributed by atoms with Crippen molar-refractivity contribution >= 4 is 5.96 Å². The van der Waals surface area contributed by atoms with Crippen LogP contribution >= 0.6 is 0 Å². The highest BCUT2D eigenvalue weighted by atomic mass is 16.3. The molecule has 1 heterocycles. The van der Waals surface area contributed by atoms with Crippen LogP contribution in [0.4, 0.5) is 0 Å². The Bertz CT molecular complexity index is 149. The summed E-state index contributed by atoms with van der Waals surface area (Å²) < 4.78 is 0. The van der Waals surface area contributed by atoms with Gasteiger partial charge in [-0.3, -0.25) is 4.99 Å². The molecule has 1 aliphatic rings. The number of hydrogen-bond donors (Lipinski definition) is 4. The van der Waals surface area contributed by atoms with Gasteiger partial charge < -0.3 is 20.8 Å². The minimum atomic E-state index is -0.708. The van der Waals surface area contributed by atoms with Crippen molar-refractivity contribution in [3.05, 3.63) is 0 Å². The molecule has 0 aromatic rings. The lowest BCUT2D eigenvalue weighted by atomic mass is 10.4. The maximum atomic E-state index is 8.92. The van der Waals surface area contributed by atoms with Crippen LogP contribution in [0.5, 0.6) is 0 Å². The van der Waals surface area contributed by atoms with Crippen molar-refractivity contribution in [2.45, 2.75) is 6.10 Å². The summed E-state index contributed by atoms with van der Waals surface area (Å²) in [6.45, 7) is 1.73. The molecule has 11 heavy (non-hydrogen) atoms. The van der Waals surface area contributed by atoms with Gasteiger partial charge in [0.15, 0.2) is 5.96 Å². The van der Waals surface area contributed by atoms with Crippen molar-refractivity contribution in [3.8, 4) is 0 Å². The lowest BCUT2D eigenvalue weighted by Gasteiger charge is -2.09. The highest BCUT2D eigenvalue weighted by molar-refractivity contribution is 5.81. The molecule has 4 N–H and O–H groups in total. The second kappa shape index (κ2) is 4.15. The van der Waals surface area contributed by atoms with E-state index in [-0.39, 0.29) is 6.61 Å². The fraction of sp³-hybridized carbons (Fsp3) is 0.833. The van der Waals surface area contributed by atoms with Gasteiger partial charge in [0, 0.05) is 13.1 Å². The van der Waals surface area contributed by atoms with Crippen LogP contribution in [0.1, 0.15) is 0 Å². The molecule has 0 fully saturated rings. The molecule has 0 aromatic heterocycles. The van der Waals surface area contributed by atoms with E-state index in [0.717, 1.165) is 13.1 Å². The first-order chi connectivity index (χ1) is 5.33. The van der Waals surface area contributed by atoms with Crippen LogP contribution < -0.4 is 10.6 Å². The summed E-state index contributed by atoms with van der Waals surface area (Å²) >= 11 is 0. The van der Waals surface area contributed by atoms with E-state index in [4.69, 9.17) is 10.2 Å². The molecular formula is C6H13N3O2. The Hall–Kier alpha value is -0.810. The average Bonchev–Trinajstić information content (AvgIpc) is 2.52. The van der Waals surface area contributed by atoms with Crippen molar-refractivity contribution in [1.82, 2.24) is 10.6 Å². The molecule has 5 heteroatoms. The first kappa shape index (κ1) is 8.29. The van der Waals surface area contributed by atoms with Gasteiger partial charge in [0.05, 0.1) is 19.3 Å². The fourth-order valence-corrected chi connectivity index (χ4v) is 0.795. The van der Waals surface area contributed by atoms with Crippen LogP contribution in [0.3, 0.4) is 0 Å². The topological polar surface area (TPSA) is 76.9 Å².